The number of nitrogens with two attached hydrogens (primary N) is 1. The first-order chi connectivity index (χ1) is 9.38. The number of primary amides is 1. The van der Waals surface area contributed by atoms with Gasteiger partial charge < -0.3 is 16.0 Å². The van der Waals surface area contributed by atoms with Crippen LogP contribution in [0.15, 0.2) is 6.33 Å². The van der Waals surface area contributed by atoms with Crippen molar-refractivity contribution >= 4 is 17.5 Å². The standard InChI is InChI=1S/C14H25N5O/c1-6-16-13-12(9(2)3)14(18-8-17-13)19(10(4)5)7-11(15)20/h8-10H,6-7H2,1-5H3,(H2,15,20)(H,16,17,18). The van der Waals surface area contributed by atoms with E-state index >= 15 is 0 Å². The van der Waals surface area contributed by atoms with Crippen LogP contribution in [0.1, 0.15) is 46.1 Å². The molecule has 0 aliphatic rings. The zero-order chi connectivity index (χ0) is 15.3. The molecule has 0 unspecified atom stereocenters. The first-order valence-corrected chi connectivity index (χ1v) is 7.02. The summed E-state index contributed by atoms with van der Waals surface area (Å²) in [7, 11) is 0. The van der Waals surface area contributed by atoms with E-state index in [1.807, 2.05) is 25.7 Å². The van der Waals surface area contributed by atoms with Gasteiger partial charge in [0.2, 0.25) is 5.91 Å². The van der Waals surface area contributed by atoms with Crippen LogP contribution in [0, 0.1) is 0 Å². The van der Waals surface area contributed by atoms with Crippen molar-refractivity contribution in [3.63, 3.8) is 0 Å². The molecular formula is C14H25N5O. The molecule has 6 nitrogen and oxygen atoms in total. The Morgan fingerprint density at radius 1 is 1.35 bits per heavy atom. The molecule has 0 aliphatic carbocycles. The van der Waals surface area contributed by atoms with Gasteiger partial charge in [-0.25, -0.2) is 9.97 Å². The molecule has 1 aromatic heterocycles. The van der Waals surface area contributed by atoms with Gasteiger partial charge in [-0.1, -0.05) is 13.8 Å². The Kier molecular flexibility index (Phi) is 5.73. The van der Waals surface area contributed by atoms with E-state index < -0.39 is 0 Å². The molecule has 0 aromatic carbocycles. The number of rotatable bonds is 7. The van der Waals surface area contributed by atoms with Crippen molar-refractivity contribution in [2.75, 3.05) is 23.3 Å². The maximum absolute atomic E-state index is 11.3. The van der Waals surface area contributed by atoms with Crippen LogP contribution in [0.5, 0.6) is 0 Å². The summed E-state index contributed by atoms with van der Waals surface area (Å²) in [6.07, 6.45) is 1.52. The van der Waals surface area contributed by atoms with Crippen LogP contribution in [0.25, 0.3) is 0 Å². The molecule has 1 heterocycles. The molecule has 112 valence electrons. The number of nitrogens with zero attached hydrogens (tertiary/aromatic N) is 3. The monoisotopic (exact) mass is 279 g/mol. The van der Waals surface area contributed by atoms with Gasteiger partial charge in [0.15, 0.2) is 0 Å². The molecule has 0 atom stereocenters. The fraction of sp³-hybridized carbons (Fsp3) is 0.643. The molecule has 0 saturated heterocycles. The molecule has 20 heavy (non-hydrogen) atoms. The van der Waals surface area contributed by atoms with E-state index in [2.05, 4.69) is 29.1 Å². The van der Waals surface area contributed by atoms with Gasteiger partial charge in [-0.05, 0) is 26.7 Å². The van der Waals surface area contributed by atoms with Gasteiger partial charge in [-0.3, -0.25) is 4.79 Å². The van der Waals surface area contributed by atoms with Crippen molar-refractivity contribution in [1.29, 1.82) is 0 Å². The Balaban J connectivity index is 3.32. The minimum absolute atomic E-state index is 0.129. The van der Waals surface area contributed by atoms with Crippen LogP contribution in [-0.2, 0) is 4.79 Å². The van der Waals surface area contributed by atoms with E-state index in [0.29, 0.717) is 0 Å². The van der Waals surface area contributed by atoms with Gasteiger partial charge in [0.05, 0.1) is 6.54 Å². The Hall–Kier alpha value is -1.85. The lowest BCUT2D eigenvalue weighted by molar-refractivity contribution is -0.116. The average Bonchev–Trinajstić information content (AvgIpc) is 2.35. The lowest BCUT2D eigenvalue weighted by Gasteiger charge is -2.30. The van der Waals surface area contributed by atoms with Crippen molar-refractivity contribution < 1.29 is 4.79 Å². The number of hydrogen-bond donors (Lipinski definition) is 2. The molecule has 1 amide bonds. The van der Waals surface area contributed by atoms with Crippen LogP contribution in [0.4, 0.5) is 11.6 Å². The number of carbonyl (C=O) groups excluding carboxylic acids is 1. The second-order valence-corrected chi connectivity index (χ2v) is 5.33. The molecule has 1 rings (SSSR count). The molecule has 0 radical (unpaired) electrons. The van der Waals surface area contributed by atoms with Gasteiger partial charge >= 0.3 is 0 Å². The second kappa shape index (κ2) is 7.07. The highest BCUT2D eigenvalue weighted by atomic mass is 16.1. The summed E-state index contributed by atoms with van der Waals surface area (Å²) in [5, 5.41) is 3.25. The van der Waals surface area contributed by atoms with Crippen molar-refractivity contribution in [2.45, 2.75) is 46.6 Å². The third-order valence-electron chi connectivity index (χ3n) is 3.01. The normalized spacial score (nSPS) is 10.9. The molecule has 0 fully saturated rings. The van der Waals surface area contributed by atoms with Crippen molar-refractivity contribution in [1.82, 2.24) is 9.97 Å². The van der Waals surface area contributed by atoms with Gasteiger partial charge in [0.25, 0.3) is 0 Å². The highest BCUT2D eigenvalue weighted by Crippen LogP contribution is 2.31. The number of anilines is 2. The smallest absolute Gasteiger partial charge is 0.237 e. The maximum Gasteiger partial charge on any atom is 0.237 e. The Labute approximate surface area is 120 Å². The predicted molar refractivity (Wildman–Crippen MR) is 82.0 cm³/mol. The molecule has 1 aromatic rings. The fourth-order valence-electron chi connectivity index (χ4n) is 2.13. The molecule has 0 aliphatic heterocycles. The molecule has 3 N–H and O–H groups in total. The number of aromatic nitrogens is 2. The summed E-state index contributed by atoms with van der Waals surface area (Å²) < 4.78 is 0. The van der Waals surface area contributed by atoms with Crippen molar-refractivity contribution in [3.8, 4) is 0 Å². The van der Waals surface area contributed by atoms with Crippen LogP contribution in [-0.4, -0.2) is 35.0 Å². The van der Waals surface area contributed by atoms with Gasteiger partial charge in [0, 0.05) is 18.2 Å². The lowest BCUT2D eigenvalue weighted by atomic mass is 10.0. The van der Waals surface area contributed by atoms with Crippen LogP contribution < -0.4 is 16.0 Å². The summed E-state index contributed by atoms with van der Waals surface area (Å²) in [6.45, 7) is 11.2. The van der Waals surface area contributed by atoms with Crippen LogP contribution >= 0.6 is 0 Å². The molecule has 0 bridgehead atoms. The van der Waals surface area contributed by atoms with Crippen LogP contribution in [0.2, 0.25) is 0 Å². The maximum atomic E-state index is 11.3. The quantitative estimate of drug-likeness (QED) is 0.794. The van der Waals surface area contributed by atoms with E-state index in [4.69, 9.17) is 5.73 Å². The Bertz CT molecular complexity index is 459. The van der Waals surface area contributed by atoms with E-state index in [1.54, 1.807) is 0 Å². The SMILES string of the molecule is CCNc1ncnc(N(CC(N)=O)C(C)C)c1C(C)C. The van der Waals surface area contributed by atoms with Gasteiger partial charge in [0.1, 0.15) is 18.0 Å². The number of carbonyl (C=O) groups is 1. The average molecular weight is 279 g/mol. The first-order valence-electron chi connectivity index (χ1n) is 7.02. The van der Waals surface area contributed by atoms with E-state index in [9.17, 15) is 4.79 Å². The van der Waals surface area contributed by atoms with Crippen LogP contribution in [0.3, 0.4) is 0 Å². The first kappa shape index (κ1) is 16.2. The topological polar surface area (TPSA) is 84.1 Å². The highest BCUT2D eigenvalue weighted by Gasteiger charge is 2.22. The Morgan fingerprint density at radius 3 is 2.45 bits per heavy atom. The molecule has 0 spiro atoms. The third-order valence-corrected chi connectivity index (χ3v) is 3.01. The number of amides is 1. The predicted octanol–water partition coefficient (Wildman–Crippen LogP) is 1.73. The Morgan fingerprint density at radius 2 is 2.00 bits per heavy atom. The summed E-state index contributed by atoms with van der Waals surface area (Å²) in [6, 6.07) is 0.129. The van der Waals surface area contributed by atoms with Crippen molar-refractivity contribution in [3.05, 3.63) is 11.9 Å². The van der Waals surface area contributed by atoms with E-state index in [0.717, 1.165) is 23.7 Å². The zero-order valence-corrected chi connectivity index (χ0v) is 13.0. The summed E-state index contributed by atoms with van der Waals surface area (Å²) >= 11 is 0. The minimum Gasteiger partial charge on any atom is -0.370 e. The largest absolute Gasteiger partial charge is 0.370 e. The molecular weight excluding hydrogens is 254 g/mol. The minimum atomic E-state index is -0.364. The highest BCUT2D eigenvalue weighted by molar-refractivity contribution is 5.80. The van der Waals surface area contributed by atoms with Gasteiger partial charge in [-0.15, -0.1) is 0 Å². The number of nitrogens with one attached hydrogen (secondary N) is 1. The number of hydrogen-bond acceptors (Lipinski definition) is 5. The molecule has 6 heteroatoms. The third kappa shape index (κ3) is 3.82. The fourth-order valence-corrected chi connectivity index (χ4v) is 2.13. The summed E-state index contributed by atoms with van der Waals surface area (Å²) in [5.74, 6) is 1.48. The summed E-state index contributed by atoms with van der Waals surface area (Å²) in [5.41, 5.74) is 6.37. The lowest BCUT2D eigenvalue weighted by Crippen LogP contribution is -2.40. The molecule has 0 saturated carbocycles. The van der Waals surface area contributed by atoms with Gasteiger partial charge in [-0.2, -0.15) is 0 Å². The summed E-state index contributed by atoms with van der Waals surface area (Å²) in [4.78, 5) is 21.9. The second-order valence-electron chi connectivity index (χ2n) is 5.33. The zero-order valence-electron chi connectivity index (χ0n) is 13.0. The van der Waals surface area contributed by atoms with E-state index in [1.165, 1.54) is 6.33 Å². The van der Waals surface area contributed by atoms with E-state index in [-0.39, 0.29) is 24.4 Å². The van der Waals surface area contributed by atoms with Crippen molar-refractivity contribution in [2.24, 2.45) is 5.73 Å².